The molecule has 5 heteroatoms. The fraction of sp³-hybridized carbons (Fsp3) is 0.400. The molecule has 0 unspecified atom stereocenters. The van der Waals surface area contributed by atoms with Crippen molar-refractivity contribution in [2.24, 2.45) is 12.5 Å². The standard InChI is InChI=1S/C15H16N4O/c1-18-10-17-12-8-11(4-5-13(12)18)19(2)14(20)15(9-16)6-3-7-15/h4-5,8,10H,3,6-7H2,1-2H3. The summed E-state index contributed by atoms with van der Waals surface area (Å²) in [6, 6.07) is 7.92. The van der Waals surface area contributed by atoms with Crippen molar-refractivity contribution in [3.63, 3.8) is 0 Å². The van der Waals surface area contributed by atoms with Crippen molar-refractivity contribution in [3.8, 4) is 6.07 Å². The van der Waals surface area contributed by atoms with Crippen molar-refractivity contribution in [3.05, 3.63) is 24.5 Å². The van der Waals surface area contributed by atoms with Crippen LogP contribution in [0.15, 0.2) is 24.5 Å². The Morgan fingerprint density at radius 2 is 2.25 bits per heavy atom. The van der Waals surface area contributed by atoms with Crippen LogP contribution in [0.1, 0.15) is 19.3 Å². The van der Waals surface area contributed by atoms with Gasteiger partial charge >= 0.3 is 0 Å². The Labute approximate surface area is 117 Å². The zero-order valence-electron chi connectivity index (χ0n) is 11.6. The topological polar surface area (TPSA) is 61.9 Å². The molecule has 1 aliphatic rings. The van der Waals surface area contributed by atoms with E-state index in [1.165, 1.54) is 0 Å². The third-order valence-corrected chi connectivity index (χ3v) is 4.23. The number of aromatic nitrogens is 2. The summed E-state index contributed by atoms with van der Waals surface area (Å²) in [5.41, 5.74) is 1.84. The zero-order valence-corrected chi connectivity index (χ0v) is 11.6. The van der Waals surface area contributed by atoms with Crippen LogP contribution in [0, 0.1) is 16.7 Å². The fourth-order valence-corrected chi connectivity index (χ4v) is 2.68. The average Bonchev–Trinajstić information content (AvgIpc) is 2.78. The number of nitriles is 1. The number of amides is 1. The highest BCUT2D eigenvalue weighted by atomic mass is 16.2. The van der Waals surface area contributed by atoms with Crippen LogP contribution >= 0.6 is 0 Å². The Bertz CT molecular complexity index is 721. The summed E-state index contributed by atoms with van der Waals surface area (Å²) in [5.74, 6) is -0.110. The largest absolute Gasteiger partial charge is 0.334 e. The van der Waals surface area contributed by atoms with E-state index in [1.54, 1.807) is 18.3 Å². The number of nitrogens with zero attached hydrogens (tertiary/aromatic N) is 4. The van der Waals surface area contributed by atoms with Gasteiger partial charge < -0.3 is 9.47 Å². The van der Waals surface area contributed by atoms with Gasteiger partial charge in [-0.1, -0.05) is 0 Å². The molecule has 1 heterocycles. The number of fused-ring (bicyclic) bond motifs is 1. The molecule has 1 aliphatic carbocycles. The lowest BCUT2D eigenvalue weighted by Gasteiger charge is -2.36. The smallest absolute Gasteiger partial charge is 0.247 e. The van der Waals surface area contributed by atoms with Gasteiger partial charge in [0.25, 0.3) is 0 Å². The summed E-state index contributed by atoms with van der Waals surface area (Å²) in [6.45, 7) is 0. The molecule has 1 aromatic carbocycles. The summed E-state index contributed by atoms with van der Waals surface area (Å²) in [6.07, 6.45) is 4.03. The van der Waals surface area contributed by atoms with Crippen LogP contribution in [-0.4, -0.2) is 22.5 Å². The molecule has 1 saturated carbocycles. The van der Waals surface area contributed by atoms with E-state index in [1.807, 2.05) is 29.8 Å². The number of imidazole rings is 1. The van der Waals surface area contributed by atoms with Crippen molar-refractivity contribution in [1.82, 2.24) is 9.55 Å². The van der Waals surface area contributed by atoms with Gasteiger partial charge in [0.15, 0.2) is 0 Å². The van der Waals surface area contributed by atoms with Gasteiger partial charge in [0.05, 0.1) is 23.4 Å². The molecule has 5 nitrogen and oxygen atoms in total. The molecule has 0 N–H and O–H groups in total. The molecule has 0 aliphatic heterocycles. The molecule has 2 aromatic rings. The van der Waals surface area contributed by atoms with Gasteiger partial charge in [-0.05, 0) is 37.5 Å². The van der Waals surface area contributed by atoms with Gasteiger partial charge in [0.1, 0.15) is 5.41 Å². The Balaban J connectivity index is 1.94. The van der Waals surface area contributed by atoms with Gasteiger partial charge in [0, 0.05) is 19.8 Å². The summed E-state index contributed by atoms with van der Waals surface area (Å²) >= 11 is 0. The van der Waals surface area contributed by atoms with Crippen molar-refractivity contribution in [2.45, 2.75) is 19.3 Å². The molecule has 0 bridgehead atoms. The number of benzene rings is 1. The number of hydrogen-bond donors (Lipinski definition) is 0. The van der Waals surface area contributed by atoms with E-state index in [0.717, 1.165) is 23.1 Å². The van der Waals surface area contributed by atoms with Crippen LogP contribution in [0.2, 0.25) is 0 Å². The summed E-state index contributed by atoms with van der Waals surface area (Å²) in [7, 11) is 3.66. The normalized spacial score (nSPS) is 16.4. The van der Waals surface area contributed by atoms with E-state index in [0.29, 0.717) is 12.8 Å². The third kappa shape index (κ3) is 1.68. The van der Waals surface area contributed by atoms with E-state index in [4.69, 9.17) is 0 Å². The molecule has 0 radical (unpaired) electrons. The minimum atomic E-state index is -0.812. The minimum Gasteiger partial charge on any atom is -0.334 e. The quantitative estimate of drug-likeness (QED) is 0.839. The molecule has 1 aromatic heterocycles. The summed E-state index contributed by atoms with van der Waals surface area (Å²) in [5, 5.41) is 9.26. The van der Waals surface area contributed by atoms with Gasteiger partial charge in [0.2, 0.25) is 5.91 Å². The molecule has 20 heavy (non-hydrogen) atoms. The predicted molar refractivity (Wildman–Crippen MR) is 76.0 cm³/mol. The molecular weight excluding hydrogens is 252 g/mol. The molecule has 0 spiro atoms. The Morgan fingerprint density at radius 3 is 2.85 bits per heavy atom. The molecule has 102 valence electrons. The number of hydrogen-bond acceptors (Lipinski definition) is 3. The van der Waals surface area contributed by atoms with E-state index in [9.17, 15) is 10.1 Å². The van der Waals surface area contributed by atoms with E-state index in [2.05, 4.69) is 11.1 Å². The van der Waals surface area contributed by atoms with E-state index in [-0.39, 0.29) is 5.91 Å². The van der Waals surface area contributed by atoms with Crippen LogP contribution in [0.25, 0.3) is 11.0 Å². The number of rotatable bonds is 2. The Morgan fingerprint density at radius 1 is 1.50 bits per heavy atom. The maximum absolute atomic E-state index is 12.5. The molecule has 1 fully saturated rings. The number of carbonyl (C=O) groups excluding carboxylic acids is 1. The maximum Gasteiger partial charge on any atom is 0.247 e. The fourth-order valence-electron chi connectivity index (χ4n) is 2.68. The lowest BCUT2D eigenvalue weighted by molar-refractivity contribution is -0.128. The first-order chi connectivity index (χ1) is 9.57. The lowest BCUT2D eigenvalue weighted by atomic mass is 9.69. The van der Waals surface area contributed by atoms with Crippen LogP contribution in [0.3, 0.4) is 0 Å². The number of aryl methyl sites for hydroxylation is 1. The maximum atomic E-state index is 12.5. The van der Waals surface area contributed by atoms with Gasteiger partial charge in [-0.15, -0.1) is 0 Å². The molecule has 0 saturated heterocycles. The first-order valence-corrected chi connectivity index (χ1v) is 6.68. The minimum absolute atomic E-state index is 0.110. The first-order valence-electron chi connectivity index (χ1n) is 6.68. The van der Waals surface area contributed by atoms with Gasteiger partial charge in [-0.25, -0.2) is 4.98 Å². The molecular formula is C15H16N4O. The van der Waals surface area contributed by atoms with Crippen LogP contribution < -0.4 is 4.90 Å². The molecule has 3 rings (SSSR count). The lowest BCUT2D eigenvalue weighted by Crippen LogP contribution is -2.45. The highest BCUT2D eigenvalue weighted by Crippen LogP contribution is 2.42. The van der Waals surface area contributed by atoms with Gasteiger partial charge in [-0.3, -0.25) is 4.79 Å². The predicted octanol–water partition coefficient (Wildman–Crippen LogP) is 2.23. The van der Waals surface area contributed by atoms with Crippen molar-refractivity contribution < 1.29 is 4.79 Å². The highest BCUT2D eigenvalue weighted by molar-refractivity contribution is 6.00. The van der Waals surface area contributed by atoms with Crippen molar-refractivity contribution >= 4 is 22.6 Å². The molecule has 1 amide bonds. The van der Waals surface area contributed by atoms with Gasteiger partial charge in [-0.2, -0.15) is 5.26 Å². The van der Waals surface area contributed by atoms with Crippen molar-refractivity contribution in [2.75, 3.05) is 11.9 Å². The second kappa shape index (κ2) is 4.34. The van der Waals surface area contributed by atoms with E-state index >= 15 is 0 Å². The second-order valence-electron chi connectivity index (χ2n) is 5.44. The third-order valence-electron chi connectivity index (χ3n) is 4.23. The summed E-state index contributed by atoms with van der Waals surface area (Å²) in [4.78, 5) is 18.4. The second-order valence-corrected chi connectivity index (χ2v) is 5.44. The Kier molecular flexibility index (Phi) is 2.75. The van der Waals surface area contributed by atoms with Crippen LogP contribution in [0.5, 0.6) is 0 Å². The van der Waals surface area contributed by atoms with E-state index < -0.39 is 5.41 Å². The number of anilines is 1. The van der Waals surface area contributed by atoms with Crippen LogP contribution in [0.4, 0.5) is 5.69 Å². The zero-order chi connectivity index (χ0) is 14.3. The summed E-state index contributed by atoms with van der Waals surface area (Å²) < 4.78 is 1.93. The number of carbonyl (C=O) groups is 1. The monoisotopic (exact) mass is 268 g/mol. The highest BCUT2D eigenvalue weighted by Gasteiger charge is 2.46. The Hall–Kier alpha value is -2.35. The SMILES string of the molecule is CN(C(=O)C1(C#N)CCC1)c1ccc2c(c1)ncn2C. The average molecular weight is 268 g/mol. The van der Waals surface area contributed by atoms with Crippen LogP contribution in [-0.2, 0) is 11.8 Å². The molecule has 0 atom stereocenters. The van der Waals surface area contributed by atoms with Crippen molar-refractivity contribution in [1.29, 1.82) is 5.26 Å². The first kappa shape index (κ1) is 12.7.